The molecule has 242 valence electrons. The van der Waals surface area contributed by atoms with Gasteiger partial charge in [-0.05, 0) is 17.5 Å². The summed E-state index contributed by atoms with van der Waals surface area (Å²) in [5.74, 6) is -3.27. The number of Topliss-reactive ketones (excluding diaryl/α,β-unsaturated/α-hetero) is 1. The number of thiazole rings is 1. The zero-order valence-electron chi connectivity index (χ0n) is 24.1. The Morgan fingerprint density at radius 2 is 1.80 bits per heavy atom. The smallest absolute Gasteiger partial charge is 0.430 e. The van der Waals surface area contributed by atoms with Crippen molar-refractivity contribution in [3.05, 3.63) is 56.8 Å². The maximum Gasteiger partial charge on any atom is 0.430 e. The number of anilines is 1. The molecule has 17 heteroatoms. The highest BCUT2D eigenvalue weighted by Gasteiger charge is 2.49. The van der Waals surface area contributed by atoms with Gasteiger partial charge in [-0.1, -0.05) is 0 Å². The Kier molecular flexibility index (Phi) is 10.8. The molecule has 12 nitrogen and oxygen atoms in total. The number of quaternary nitrogens is 1. The molecular weight excluding hydrogens is 641 g/mol. The van der Waals surface area contributed by atoms with Gasteiger partial charge in [-0.25, -0.2) is 19.6 Å². The number of carbonyl (C=O) groups is 4. The zero-order valence-corrected chi connectivity index (χ0v) is 25.7. The van der Waals surface area contributed by atoms with E-state index >= 15 is 0 Å². The first kappa shape index (κ1) is 33.8. The van der Waals surface area contributed by atoms with Crippen LogP contribution < -0.4 is 15.2 Å². The standard InChI is InChI=1S/C26H28N4O6S2.C2HF3O2/c1-34-21-4-3-17(13-28-21)22(29-18-7-11-37-23(18)26(33)35-2)25(32)36-20-15-30(9-5-16(20)6-10-30)14-19(31)24-27-8-12-38-24;3-2(4,5)1(6)7/h3-4,7-8,11-13,16,20,22H,5-6,9-10,14-15H2,1-2H3;(H,6,7)/t16?,20-,22?,30?;/m0./s1. The number of alkyl halides is 3. The molecule has 45 heavy (non-hydrogen) atoms. The molecule has 6 rings (SSSR count). The molecule has 0 amide bonds. The largest absolute Gasteiger partial charge is 0.542 e. The van der Waals surface area contributed by atoms with Gasteiger partial charge < -0.3 is 33.9 Å². The number of aliphatic carboxylic acids is 1. The Balaban J connectivity index is 0.000000591. The third kappa shape index (κ3) is 8.34. The summed E-state index contributed by atoms with van der Waals surface area (Å²) in [7, 11) is 2.84. The van der Waals surface area contributed by atoms with Crippen LogP contribution in [0.1, 0.15) is 43.9 Å². The molecule has 3 aromatic rings. The molecule has 0 aromatic carbocycles. The molecule has 3 aliphatic rings. The van der Waals surface area contributed by atoms with Crippen LogP contribution in [0.3, 0.4) is 0 Å². The predicted molar refractivity (Wildman–Crippen MR) is 153 cm³/mol. The van der Waals surface area contributed by atoms with Crippen LogP contribution in [-0.4, -0.2) is 90.8 Å². The van der Waals surface area contributed by atoms with Gasteiger partial charge in [0.15, 0.2) is 17.2 Å². The van der Waals surface area contributed by atoms with E-state index in [4.69, 9.17) is 24.1 Å². The van der Waals surface area contributed by atoms with Gasteiger partial charge in [-0.15, -0.1) is 22.7 Å². The molecule has 6 heterocycles. The fraction of sp³-hybridized carbons (Fsp3) is 0.429. The maximum atomic E-state index is 13.7. The molecule has 0 saturated carbocycles. The minimum absolute atomic E-state index is 0.0297. The van der Waals surface area contributed by atoms with E-state index in [-0.39, 0.29) is 17.8 Å². The number of thiophene rings is 1. The Morgan fingerprint density at radius 3 is 2.36 bits per heavy atom. The lowest BCUT2D eigenvalue weighted by Crippen LogP contribution is -2.65. The number of hydrogen-bond acceptors (Lipinski definition) is 13. The Morgan fingerprint density at radius 1 is 1.09 bits per heavy atom. The number of pyridine rings is 1. The average Bonchev–Trinajstić information content (AvgIpc) is 3.73. The highest BCUT2D eigenvalue weighted by atomic mass is 32.1. The number of carboxylic acid groups (broad SMARTS) is 1. The van der Waals surface area contributed by atoms with Crippen LogP contribution in [0.4, 0.5) is 18.9 Å². The first-order valence-electron chi connectivity index (χ1n) is 13.5. The Hall–Kier alpha value is -4.09. The lowest BCUT2D eigenvalue weighted by atomic mass is 9.83. The van der Waals surface area contributed by atoms with Crippen LogP contribution >= 0.6 is 22.7 Å². The molecule has 3 aromatic heterocycles. The molecule has 0 aliphatic carbocycles. The summed E-state index contributed by atoms with van der Waals surface area (Å²) in [6, 6.07) is 4.23. The second-order valence-electron chi connectivity index (χ2n) is 10.4. The summed E-state index contributed by atoms with van der Waals surface area (Å²) < 4.78 is 48.4. The summed E-state index contributed by atoms with van der Waals surface area (Å²) in [5.41, 5.74) is 1.05. The van der Waals surface area contributed by atoms with E-state index in [0.29, 0.717) is 44.6 Å². The molecule has 0 spiro atoms. The molecule has 2 bridgehead atoms. The number of aromatic nitrogens is 2. The molecule has 0 radical (unpaired) electrons. The Labute approximate surface area is 263 Å². The van der Waals surface area contributed by atoms with E-state index in [1.807, 2.05) is 0 Å². The number of fused-ring (bicyclic) bond motifs is 3. The SMILES string of the molecule is COC(=O)c1sccc1NC(C(=O)O[C@H]1C[N+]2(CC(=O)c3nccs3)CCC1CC2)c1ccc(OC)nc1.O=C([O-])C(F)(F)F. The maximum absolute atomic E-state index is 13.7. The molecule has 3 saturated heterocycles. The number of hydrogen-bond donors (Lipinski definition) is 1. The fourth-order valence-corrected chi connectivity index (χ4v) is 6.66. The van der Waals surface area contributed by atoms with Crippen molar-refractivity contribution >= 4 is 52.1 Å². The molecule has 1 N–H and O–H groups in total. The number of carbonyl (C=O) groups excluding carboxylic acids is 4. The minimum atomic E-state index is -5.19. The fourth-order valence-electron chi connectivity index (χ4n) is 5.32. The highest BCUT2D eigenvalue weighted by Crippen LogP contribution is 2.37. The second-order valence-corrected chi connectivity index (χ2v) is 12.2. The number of ether oxygens (including phenoxy) is 3. The van der Waals surface area contributed by atoms with Crippen molar-refractivity contribution in [1.29, 1.82) is 0 Å². The quantitative estimate of drug-likeness (QED) is 0.192. The summed E-state index contributed by atoms with van der Waals surface area (Å²) in [6.45, 7) is 2.72. The number of ketones is 1. The summed E-state index contributed by atoms with van der Waals surface area (Å²) >= 11 is 2.58. The van der Waals surface area contributed by atoms with Crippen molar-refractivity contribution in [3.63, 3.8) is 0 Å². The van der Waals surface area contributed by atoms with Crippen molar-refractivity contribution < 1.29 is 56.1 Å². The molecule has 1 unspecified atom stereocenters. The molecule has 2 atom stereocenters. The van der Waals surface area contributed by atoms with Crippen LogP contribution in [0.2, 0.25) is 0 Å². The van der Waals surface area contributed by atoms with E-state index in [2.05, 4.69) is 15.3 Å². The van der Waals surface area contributed by atoms with E-state index < -0.39 is 30.1 Å². The summed E-state index contributed by atoms with van der Waals surface area (Å²) in [4.78, 5) is 56.4. The van der Waals surface area contributed by atoms with Gasteiger partial charge in [0.05, 0.1) is 33.0 Å². The van der Waals surface area contributed by atoms with Crippen LogP contribution in [-0.2, 0) is 19.1 Å². The first-order valence-corrected chi connectivity index (χ1v) is 15.3. The van der Waals surface area contributed by atoms with Gasteiger partial charge in [0.25, 0.3) is 0 Å². The molecular formula is C28H29F3N4O8S2. The monoisotopic (exact) mass is 670 g/mol. The van der Waals surface area contributed by atoms with Gasteiger partial charge in [0.1, 0.15) is 23.9 Å². The third-order valence-corrected chi connectivity index (χ3v) is 9.27. The van der Waals surface area contributed by atoms with Crippen molar-refractivity contribution in [2.24, 2.45) is 5.92 Å². The molecule has 3 fully saturated rings. The van der Waals surface area contributed by atoms with Gasteiger partial charge in [0, 0.05) is 48.2 Å². The predicted octanol–water partition coefficient (Wildman–Crippen LogP) is 2.88. The number of rotatable bonds is 10. The van der Waals surface area contributed by atoms with Gasteiger partial charge in [0.2, 0.25) is 11.7 Å². The molecule has 3 aliphatic heterocycles. The van der Waals surface area contributed by atoms with E-state index in [1.54, 1.807) is 41.4 Å². The lowest BCUT2D eigenvalue weighted by molar-refractivity contribution is -0.938. The number of carboxylic acids is 1. The van der Waals surface area contributed by atoms with Crippen LogP contribution in [0.5, 0.6) is 5.88 Å². The highest BCUT2D eigenvalue weighted by molar-refractivity contribution is 7.12. The van der Waals surface area contributed by atoms with E-state index in [1.165, 1.54) is 36.9 Å². The topological polar surface area (TPSA) is 157 Å². The number of methoxy groups -OCH3 is 2. The van der Waals surface area contributed by atoms with Crippen molar-refractivity contribution in [2.75, 3.05) is 45.7 Å². The number of halogens is 3. The number of nitrogens with one attached hydrogen (secondary N) is 1. The van der Waals surface area contributed by atoms with Crippen LogP contribution in [0.25, 0.3) is 0 Å². The van der Waals surface area contributed by atoms with Crippen molar-refractivity contribution in [1.82, 2.24) is 9.97 Å². The van der Waals surface area contributed by atoms with Crippen molar-refractivity contribution in [2.45, 2.75) is 31.2 Å². The summed E-state index contributed by atoms with van der Waals surface area (Å²) in [6.07, 6.45) is -0.526. The minimum Gasteiger partial charge on any atom is -0.542 e. The first-order chi connectivity index (χ1) is 21.4. The number of esters is 2. The number of piperidine rings is 3. The number of nitrogens with zero attached hydrogens (tertiary/aromatic N) is 3. The third-order valence-electron chi connectivity index (χ3n) is 7.56. The average molecular weight is 671 g/mol. The van der Waals surface area contributed by atoms with Gasteiger partial charge >= 0.3 is 18.1 Å². The second kappa shape index (κ2) is 14.3. The zero-order chi connectivity index (χ0) is 32.8. The summed E-state index contributed by atoms with van der Waals surface area (Å²) in [5, 5.41) is 16.0. The normalized spacial score (nSPS) is 21.1. The Bertz CT molecular complexity index is 1490. The van der Waals surface area contributed by atoms with E-state index in [0.717, 1.165) is 25.9 Å². The lowest BCUT2D eigenvalue weighted by Gasteiger charge is -2.51. The van der Waals surface area contributed by atoms with Crippen molar-refractivity contribution in [3.8, 4) is 5.88 Å². The van der Waals surface area contributed by atoms with Crippen LogP contribution in [0, 0.1) is 5.92 Å². The van der Waals surface area contributed by atoms with Crippen LogP contribution in [0.15, 0.2) is 41.4 Å². The van der Waals surface area contributed by atoms with Gasteiger partial charge in [-0.3, -0.25) is 4.79 Å². The van der Waals surface area contributed by atoms with Gasteiger partial charge in [-0.2, -0.15) is 13.2 Å². The van der Waals surface area contributed by atoms with E-state index in [9.17, 15) is 27.6 Å².